The molecule has 0 aliphatic rings. The first kappa shape index (κ1) is 90.5. The van der Waals surface area contributed by atoms with E-state index in [0.717, 1.165) is 128 Å². The van der Waals surface area contributed by atoms with E-state index in [2.05, 4.69) is 58.9 Å². The number of rotatable bonds is 72. The molecule has 0 aliphatic carbocycles. The highest BCUT2D eigenvalue weighted by Gasteiger charge is 2.30. The van der Waals surface area contributed by atoms with Crippen LogP contribution < -0.4 is 0 Å². The van der Waals surface area contributed by atoms with Gasteiger partial charge in [-0.1, -0.05) is 309 Å². The van der Waals surface area contributed by atoms with Gasteiger partial charge in [0.2, 0.25) is 0 Å². The zero-order chi connectivity index (χ0) is 68.4. The number of hydrogen-bond donors (Lipinski definition) is 3. The molecule has 3 unspecified atom stereocenters. The van der Waals surface area contributed by atoms with Crippen LogP contribution in [0.3, 0.4) is 0 Å². The largest absolute Gasteiger partial charge is 0.472 e. The lowest BCUT2D eigenvalue weighted by Gasteiger charge is -2.21. The first-order chi connectivity index (χ1) is 45.1. The van der Waals surface area contributed by atoms with Crippen molar-refractivity contribution in [1.82, 2.24) is 0 Å². The Labute approximate surface area is 567 Å². The number of unbranched alkanes of at least 4 members (excludes halogenated alkanes) is 40. The third-order valence-electron chi connectivity index (χ3n) is 17.0. The summed E-state index contributed by atoms with van der Waals surface area (Å²) in [4.78, 5) is 72.5. The molecule has 0 amide bonds. The van der Waals surface area contributed by atoms with Gasteiger partial charge in [-0.25, -0.2) is 9.13 Å². The number of aliphatic hydroxyl groups excluding tert-OH is 1. The highest BCUT2D eigenvalue weighted by atomic mass is 31.2. The van der Waals surface area contributed by atoms with E-state index in [1.807, 2.05) is 0 Å². The van der Waals surface area contributed by atoms with E-state index in [4.69, 9.17) is 37.0 Å². The maximum Gasteiger partial charge on any atom is 0.472 e. The summed E-state index contributed by atoms with van der Waals surface area (Å²) in [5.74, 6) is -1.44. The van der Waals surface area contributed by atoms with Gasteiger partial charge in [-0.15, -0.1) is 0 Å². The number of ether oxygens (including phenoxy) is 4. The number of phosphoric ester groups is 2. The second-order valence-corrected chi connectivity index (χ2v) is 29.1. The summed E-state index contributed by atoms with van der Waals surface area (Å²) in [6.07, 6.45) is 58.1. The highest BCUT2D eigenvalue weighted by molar-refractivity contribution is 7.47. The van der Waals surface area contributed by atoms with E-state index in [1.165, 1.54) is 154 Å². The molecule has 0 aromatic heterocycles. The summed E-state index contributed by atoms with van der Waals surface area (Å²) < 4.78 is 68.2. The smallest absolute Gasteiger partial charge is 0.462 e. The fraction of sp³-hybridized carbons (Fsp3) is 0.892. The van der Waals surface area contributed by atoms with E-state index in [1.54, 1.807) is 0 Å². The van der Waals surface area contributed by atoms with Crippen molar-refractivity contribution in [1.29, 1.82) is 0 Å². The molecule has 0 saturated heterocycles. The molecule has 0 spiro atoms. The van der Waals surface area contributed by atoms with Crippen molar-refractivity contribution >= 4 is 39.5 Å². The lowest BCUT2D eigenvalue weighted by molar-refractivity contribution is -0.161. The van der Waals surface area contributed by atoms with Crippen molar-refractivity contribution < 1.29 is 80.2 Å². The summed E-state index contributed by atoms with van der Waals surface area (Å²) in [7, 11) is -9.91. The molecule has 548 valence electrons. The zero-order valence-corrected chi connectivity index (χ0v) is 61.7. The number of hydrogen-bond acceptors (Lipinski definition) is 15. The van der Waals surface area contributed by atoms with Gasteiger partial charge in [-0.2, -0.15) is 0 Å². The standard InChI is InChI=1S/C74H140O17P2/c1-6-10-13-16-19-21-23-25-27-28-29-30-31-32-34-36-38-40-43-49-54-59-73(78)90-69(64-85-72(77)58-53-48-42-39-37-35-33-26-24-22-20-17-14-11-7-2)65-88-92(80,81)86-61-68(75)62-87-93(82,83)89-66-70(63-84-71(76)57-52-47-41-18-15-12-8-3)91-74(79)60-55-50-45-44-46-51-56-67(5)9-4/h22,24,26,33,67-70,75H,6-21,23,25,27-32,34-66H2,1-5H3,(H,80,81)(H,82,83)/b24-22-,33-26-/t67?,68-,69-,70-/m1/s1. The number of allylic oxidation sites excluding steroid dienone is 4. The summed E-state index contributed by atoms with van der Waals surface area (Å²) >= 11 is 0. The van der Waals surface area contributed by atoms with Crippen LogP contribution >= 0.6 is 15.6 Å². The summed E-state index contributed by atoms with van der Waals surface area (Å²) in [6, 6.07) is 0. The van der Waals surface area contributed by atoms with E-state index in [9.17, 15) is 43.2 Å². The molecule has 0 aromatic carbocycles. The van der Waals surface area contributed by atoms with Gasteiger partial charge in [0.25, 0.3) is 0 Å². The van der Waals surface area contributed by atoms with Crippen LogP contribution in [0, 0.1) is 5.92 Å². The van der Waals surface area contributed by atoms with Crippen LogP contribution in [0.5, 0.6) is 0 Å². The van der Waals surface area contributed by atoms with Crippen molar-refractivity contribution in [2.45, 2.75) is 380 Å². The fourth-order valence-electron chi connectivity index (χ4n) is 10.8. The molecule has 0 fully saturated rings. The Morgan fingerprint density at radius 1 is 0.344 bits per heavy atom. The van der Waals surface area contributed by atoms with Crippen molar-refractivity contribution in [2.24, 2.45) is 5.92 Å². The van der Waals surface area contributed by atoms with Gasteiger partial charge in [0.1, 0.15) is 19.3 Å². The van der Waals surface area contributed by atoms with Crippen molar-refractivity contribution in [3.8, 4) is 0 Å². The van der Waals surface area contributed by atoms with E-state index in [-0.39, 0.29) is 25.7 Å². The summed E-state index contributed by atoms with van der Waals surface area (Å²) in [6.45, 7) is 7.11. The second-order valence-electron chi connectivity index (χ2n) is 26.2. The highest BCUT2D eigenvalue weighted by Crippen LogP contribution is 2.45. The summed E-state index contributed by atoms with van der Waals surface area (Å²) in [5.41, 5.74) is 0. The average molecular weight is 1360 g/mol. The summed E-state index contributed by atoms with van der Waals surface area (Å²) in [5, 5.41) is 10.6. The molecule has 0 aromatic rings. The molecule has 93 heavy (non-hydrogen) atoms. The molecule has 0 rings (SSSR count). The molecule has 0 heterocycles. The van der Waals surface area contributed by atoms with E-state index >= 15 is 0 Å². The van der Waals surface area contributed by atoms with Crippen LogP contribution in [0.15, 0.2) is 24.3 Å². The number of phosphoric acid groups is 2. The maximum atomic E-state index is 13.1. The molecular weight excluding hydrogens is 1220 g/mol. The first-order valence-corrected chi connectivity index (χ1v) is 41.0. The molecule has 0 bridgehead atoms. The number of esters is 4. The van der Waals surface area contributed by atoms with Crippen LogP contribution in [0.1, 0.15) is 362 Å². The molecule has 3 N–H and O–H groups in total. The van der Waals surface area contributed by atoms with Crippen LogP contribution in [0.2, 0.25) is 0 Å². The minimum Gasteiger partial charge on any atom is -0.462 e. The zero-order valence-electron chi connectivity index (χ0n) is 59.9. The van der Waals surface area contributed by atoms with Gasteiger partial charge < -0.3 is 33.8 Å². The molecule has 6 atom stereocenters. The number of carbonyl (C=O) groups excluding carboxylic acids is 4. The van der Waals surface area contributed by atoms with E-state index in [0.29, 0.717) is 25.7 Å². The quantitative estimate of drug-likeness (QED) is 0.0169. The number of carbonyl (C=O) groups is 4. The Morgan fingerprint density at radius 3 is 0.914 bits per heavy atom. The molecule has 0 aliphatic heterocycles. The Hall–Kier alpha value is -2.46. The predicted octanol–water partition coefficient (Wildman–Crippen LogP) is 21.2. The van der Waals surface area contributed by atoms with Crippen LogP contribution in [-0.2, 0) is 65.4 Å². The topological polar surface area (TPSA) is 237 Å². The van der Waals surface area contributed by atoms with Crippen molar-refractivity contribution in [3.05, 3.63) is 24.3 Å². The molecular formula is C74H140O17P2. The monoisotopic (exact) mass is 1360 g/mol. The Morgan fingerprint density at radius 2 is 0.602 bits per heavy atom. The molecule has 0 radical (unpaired) electrons. The van der Waals surface area contributed by atoms with Crippen molar-refractivity contribution in [2.75, 3.05) is 39.6 Å². The van der Waals surface area contributed by atoms with Gasteiger partial charge in [-0.05, 0) is 57.3 Å². The van der Waals surface area contributed by atoms with Gasteiger partial charge >= 0.3 is 39.5 Å². The lowest BCUT2D eigenvalue weighted by atomic mass is 10.00. The predicted molar refractivity (Wildman–Crippen MR) is 377 cm³/mol. The Bertz CT molecular complexity index is 1880. The third kappa shape index (κ3) is 66.6. The van der Waals surface area contributed by atoms with Crippen LogP contribution in [0.4, 0.5) is 0 Å². The Balaban J connectivity index is 5.19. The van der Waals surface area contributed by atoms with Crippen molar-refractivity contribution in [3.63, 3.8) is 0 Å². The van der Waals surface area contributed by atoms with Gasteiger partial charge in [0.15, 0.2) is 12.2 Å². The third-order valence-corrected chi connectivity index (χ3v) is 18.9. The van der Waals surface area contributed by atoms with Gasteiger partial charge in [0.05, 0.1) is 26.4 Å². The molecule has 0 saturated carbocycles. The fourth-order valence-corrected chi connectivity index (χ4v) is 12.4. The minimum atomic E-state index is -4.96. The van der Waals surface area contributed by atoms with Crippen LogP contribution in [0.25, 0.3) is 0 Å². The average Bonchev–Trinajstić information content (AvgIpc) is 2.77. The number of aliphatic hydroxyl groups is 1. The van der Waals surface area contributed by atoms with Gasteiger partial charge in [-0.3, -0.25) is 37.3 Å². The normalized spacial score (nSPS) is 14.5. The first-order valence-electron chi connectivity index (χ1n) is 38.0. The molecule has 17 nitrogen and oxygen atoms in total. The molecule has 19 heteroatoms. The lowest BCUT2D eigenvalue weighted by Crippen LogP contribution is -2.30. The van der Waals surface area contributed by atoms with Crippen LogP contribution in [-0.4, -0.2) is 96.7 Å². The maximum absolute atomic E-state index is 13.1. The van der Waals surface area contributed by atoms with E-state index < -0.39 is 97.5 Å². The SMILES string of the molecule is CCCCCC/C=C\C=C/CCCCCCCC(=O)OC[C@H](COP(=O)(O)OC[C@@H](O)COP(=O)(O)OC[C@@H](COC(=O)CCCCCCCCC)OC(=O)CCCCCCCCC(C)CC)OC(=O)CCCCCCCCCCCCCCCCCCCCCCC. The van der Waals surface area contributed by atoms with Gasteiger partial charge in [0, 0.05) is 25.7 Å². The minimum absolute atomic E-state index is 0.101. The Kier molecular flexibility index (Phi) is 65.0. The second kappa shape index (κ2) is 66.8.